The Kier molecular flexibility index (Phi) is 4.64. The molecule has 4 heteroatoms. The van der Waals surface area contributed by atoms with E-state index in [0.29, 0.717) is 0 Å². The van der Waals surface area contributed by atoms with Crippen molar-refractivity contribution >= 4 is 11.8 Å². The molecule has 3 unspecified atom stereocenters. The Balaban J connectivity index is 3.14. The molecule has 1 aliphatic heterocycles. The van der Waals surface area contributed by atoms with Gasteiger partial charge in [-0.25, -0.2) is 0 Å². The van der Waals surface area contributed by atoms with Gasteiger partial charge in [-0.15, -0.1) is 0 Å². The highest BCUT2D eigenvalue weighted by Crippen LogP contribution is 2.30. The summed E-state index contributed by atoms with van der Waals surface area (Å²) in [5.74, 6) is 0.202. The second-order valence-corrected chi connectivity index (χ2v) is 6.98. The molecule has 0 aromatic heterocycles. The Morgan fingerprint density at radius 1 is 1.21 bits per heavy atom. The lowest BCUT2D eigenvalue weighted by molar-refractivity contribution is -0.157. The molecular weight excluding hydrogens is 240 g/mol. The molecule has 1 rings (SSSR count). The lowest BCUT2D eigenvalue weighted by Crippen LogP contribution is -2.69. The van der Waals surface area contributed by atoms with E-state index in [1.807, 2.05) is 48.5 Å². The minimum Gasteiger partial charge on any atom is -0.342 e. The minimum absolute atomic E-state index is 0.0221. The molecule has 0 radical (unpaired) electrons. The van der Waals surface area contributed by atoms with E-state index in [1.54, 1.807) is 4.90 Å². The zero-order valence-electron chi connectivity index (χ0n) is 13.3. The monoisotopic (exact) mass is 268 g/mol. The van der Waals surface area contributed by atoms with Crippen LogP contribution in [0.1, 0.15) is 54.9 Å². The summed E-state index contributed by atoms with van der Waals surface area (Å²) in [6, 6.07) is -0.729. The van der Waals surface area contributed by atoms with Crippen molar-refractivity contribution in [1.29, 1.82) is 0 Å². The van der Waals surface area contributed by atoms with Crippen molar-refractivity contribution < 1.29 is 9.59 Å². The number of hydrogen-bond acceptors (Lipinski definition) is 2. The Hall–Kier alpha value is -1.06. The molecule has 110 valence electrons. The second kappa shape index (κ2) is 5.51. The molecule has 1 aliphatic rings. The first-order chi connectivity index (χ1) is 8.61. The normalized spacial score (nSPS) is 26.6. The van der Waals surface area contributed by atoms with Gasteiger partial charge in [0.05, 0.1) is 0 Å². The molecule has 19 heavy (non-hydrogen) atoms. The quantitative estimate of drug-likeness (QED) is 0.853. The summed E-state index contributed by atoms with van der Waals surface area (Å²) in [6.45, 7) is 14.0. The maximum atomic E-state index is 12.7. The summed E-state index contributed by atoms with van der Waals surface area (Å²) < 4.78 is 0. The lowest BCUT2D eigenvalue weighted by atomic mass is 9.81. The van der Waals surface area contributed by atoms with Crippen LogP contribution in [0.2, 0.25) is 0 Å². The maximum absolute atomic E-state index is 12.7. The summed E-state index contributed by atoms with van der Waals surface area (Å²) in [5, 5.41) is 2.93. The van der Waals surface area contributed by atoms with Crippen LogP contribution in [0.5, 0.6) is 0 Å². The minimum atomic E-state index is -0.389. The molecule has 0 spiro atoms. The fraction of sp³-hybridized carbons (Fsp3) is 0.867. The molecule has 1 N–H and O–H groups in total. The van der Waals surface area contributed by atoms with Crippen LogP contribution in [-0.2, 0) is 9.59 Å². The number of nitrogens with zero attached hydrogens (tertiary/aromatic N) is 1. The van der Waals surface area contributed by atoms with E-state index < -0.39 is 0 Å². The van der Waals surface area contributed by atoms with Crippen molar-refractivity contribution in [2.75, 3.05) is 0 Å². The second-order valence-electron chi connectivity index (χ2n) is 6.98. The van der Waals surface area contributed by atoms with Crippen LogP contribution >= 0.6 is 0 Å². The fourth-order valence-electron chi connectivity index (χ4n) is 2.69. The summed E-state index contributed by atoms with van der Waals surface area (Å²) in [4.78, 5) is 26.9. The van der Waals surface area contributed by atoms with Crippen molar-refractivity contribution in [3.63, 3.8) is 0 Å². The van der Waals surface area contributed by atoms with Crippen LogP contribution in [-0.4, -0.2) is 34.8 Å². The molecular formula is C15H28N2O2. The van der Waals surface area contributed by atoms with Crippen LogP contribution in [0.3, 0.4) is 0 Å². The van der Waals surface area contributed by atoms with E-state index in [4.69, 9.17) is 0 Å². The van der Waals surface area contributed by atoms with Crippen molar-refractivity contribution in [2.45, 2.75) is 73.0 Å². The van der Waals surface area contributed by atoms with Gasteiger partial charge in [-0.2, -0.15) is 0 Å². The van der Waals surface area contributed by atoms with Gasteiger partial charge in [-0.1, -0.05) is 41.0 Å². The third kappa shape index (κ3) is 3.10. The highest BCUT2D eigenvalue weighted by molar-refractivity contribution is 5.97. The number of hydrogen-bond donors (Lipinski definition) is 1. The van der Waals surface area contributed by atoms with Gasteiger partial charge in [-0.05, 0) is 25.2 Å². The average molecular weight is 268 g/mol. The zero-order chi connectivity index (χ0) is 15.0. The van der Waals surface area contributed by atoms with Crippen LogP contribution < -0.4 is 5.32 Å². The van der Waals surface area contributed by atoms with Gasteiger partial charge in [0.1, 0.15) is 12.1 Å². The molecule has 2 amide bonds. The van der Waals surface area contributed by atoms with E-state index in [0.717, 1.165) is 6.42 Å². The number of piperazine rings is 1. The van der Waals surface area contributed by atoms with Gasteiger partial charge >= 0.3 is 0 Å². The van der Waals surface area contributed by atoms with Crippen molar-refractivity contribution in [2.24, 2.45) is 11.3 Å². The van der Waals surface area contributed by atoms with E-state index in [-0.39, 0.29) is 41.3 Å². The molecule has 0 saturated carbocycles. The topological polar surface area (TPSA) is 49.4 Å². The van der Waals surface area contributed by atoms with Gasteiger partial charge in [-0.3, -0.25) is 9.59 Å². The largest absolute Gasteiger partial charge is 0.342 e. The summed E-state index contributed by atoms with van der Waals surface area (Å²) in [5.41, 5.74) is -0.259. The predicted molar refractivity (Wildman–Crippen MR) is 76.6 cm³/mol. The van der Waals surface area contributed by atoms with Crippen LogP contribution in [0.15, 0.2) is 0 Å². The van der Waals surface area contributed by atoms with E-state index in [9.17, 15) is 9.59 Å². The molecule has 0 aliphatic carbocycles. The summed E-state index contributed by atoms with van der Waals surface area (Å²) >= 11 is 0. The Morgan fingerprint density at radius 2 is 1.74 bits per heavy atom. The number of carbonyl (C=O) groups is 2. The van der Waals surface area contributed by atoms with Crippen LogP contribution in [0.4, 0.5) is 0 Å². The highest BCUT2D eigenvalue weighted by atomic mass is 16.2. The maximum Gasteiger partial charge on any atom is 0.246 e. The van der Waals surface area contributed by atoms with Gasteiger partial charge in [0.25, 0.3) is 0 Å². The number of rotatable bonds is 3. The van der Waals surface area contributed by atoms with E-state index in [1.165, 1.54) is 0 Å². The Bertz CT molecular complexity index is 358. The van der Waals surface area contributed by atoms with E-state index >= 15 is 0 Å². The molecule has 4 nitrogen and oxygen atoms in total. The Morgan fingerprint density at radius 3 is 2.11 bits per heavy atom. The predicted octanol–water partition coefficient (Wildman–Crippen LogP) is 2.18. The fourth-order valence-corrected chi connectivity index (χ4v) is 2.69. The third-order valence-corrected chi connectivity index (χ3v) is 3.93. The number of carbonyl (C=O) groups excluding carboxylic acids is 2. The van der Waals surface area contributed by atoms with Gasteiger partial charge in [0.15, 0.2) is 0 Å². The molecule has 3 atom stereocenters. The highest BCUT2D eigenvalue weighted by Gasteiger charge is 2.47. The number of amides is 2. The SMILES string of the molecule is CCC(C)C1NC(=O)C(C(C)(C)C)N(C(C)C)C1=O. The van der Waals surface area contributed by atoms with Gasteiger partial charge in [0, 0.05) is 6.04 Å². The van der Waals surface area contributed by atoms with E-state index in [2.05, 4.69) is 5.32 Å². The first kappa shape index (κ1) is 16.0. The van der Waals surface area contributed by atoms with Crippen LogP contribution in [0.25, 0.3) is 0 Å². The molecule has 0 aromatic rings. The first-order valence-electron chi connectivity index (χ1n) is 7.23. The smallest absolute Gasteiger partial charge is 0.246 e. The molecule has 1 heterocycles. The molecule has 1 fully saturated rings. The average Bonchev–Trinajstić information content (AvgIpc) is 2.28. The third-order valence-electron chi connectivity index (χ3n) is 3.93. The first-order valence-corrected chi connectivity index (χ1v) is 7.23. The van der Waals surface area contributed by atoms with Crippen LogP contribution in [0, 0.1) is 11.3 Å². The standard InChI is InChI=1S/C15H28N2O2/c1-8-10(4)11-14(19)17(9(2)3)12(13(18)16-11)15(5,6)7/h9-12H,8H2,1-7H3,(H,16,18). The summed E-state index contributed by atoms with van der Waals surface area (Å²) in [6.07, 6.45) is 0.878. The Labute approximate surface area is 116 Å². The molecule has 0 bridgehead atoms. The number of nitrogens with one attached hydrogen (secondary N) is 1. The van der Waals surface area contributed by atoms with Gasteiger partial charge in [0.2, 0.25) is 11.8 Å². The van der Waals surface area contributed by atoms with Crippen molar-refractivity contribution in [1.82, 2.24) is 10.2 Å². The van der Waals surface area contributed by atoms with Crippen molar-refractivity contribution in [3.05, 3.63) is 0 Å². The lowest BCUT2D eigenvalue weighted by Gasteiger charge is -2.47. The summed E-state index contributed by atoms with van der Waals surface area (Å²) in [7, 11) is 0. The zero-order valence-corrected chi connectivity index (χ0v) is 13.3. The van der Waals surface area contributed by atoms with Crippen molar-refractivity contribution in [3.8, 4) is 0 Å². The molecule has 1 saturated heterocycles. The molecule has 0 aromatic carbocycles. The van der Waals surface area contributed by atoms with Gasteiger partial charge < -0.3 is 10.2 Å².